The van der Waals surface area contributed by atoms with Crippen LogP contribution in [0.3, 0.4) is 0 Å². The molecule has 3 rings (SSSR count). The second kappa shape index (κ2) is 7.49. The number of ether oxygens (including phenoxy) is 1. The largest absolute Gasteiger partial charge is 0.370 e. The monoisotopic (exact) mass is 350 g/mol. The SMILES string of the molecule is CCCNC(=O)c1n[nH]c2c1CC(CNC(=O)c1csnn1)OC2. The predicted molar refractivity (Wildman–Crippen MR) is 85.7 cm³/mol. The third-order valence-electron chi connectivity index (χ3n) is 3.68. The van der Waals surface area contributed by atoms with Gasteiger partial charge in [0.15, 0.2) is 11.4 Å². The Bertz CT molecular complexity index is 714. The molecule has 24 heavy (non-hydrogen) atoms. The molecule has 1 unspecified atom stereocenters. The Morgan fingerprint density at radius 1 is 1.42 bits per heavy atom. The molecule has 0 saturated heterocycles. The van der Waals surface area contributed by atoms with Gasteiger partial charge in [0.1, 0.15) is 0 Å². The van der Waals surface area contributed by atoms with Crippen LogP contribution in [-0.2, 0) is 17.8 Å². The second-order valence-electron chi connectivity index (χ2n) is 5.42. The Morgan fingerprint density at radius 3 is 3.04 bits per heavy atom. The molecule has 3 heterocycles. The van der Waals surface area contributed by atoms with Gasteiger partial charge >= 0.3 is 0 Å². The number of aromatic nitrogens is 4. The van der Waals surface area contributed by atoms with Crippen LogP contribution in [0.1, 0.15) is 45.6 Å². The van der Waals surface area contributed by atoms with Crippen molar-refractivity contribution in [3.8, 4) is 0 Å². The van der Waals surface area contributed by atoms with E-state index in [0.717, 1.165) is 29.2 Å². The van der Waals surface area contributed by atoms with Crippen molar-refractivity contribution >= 4 is 23.3 Å². The highest BCUT2D eigenvalue weighted by Crippen LogP contribution is 2.21. The fourth-order valence-corrected chi connectivity index (χ4v) is 2.87. The Kier molecular flexibility index (Phi) is 5.16. The molecule has 0 radical (unpaired) electrons. The van der Waals surface area contributed by atoms with Crippen LogP contribution in [0.2, 0.25) is 0 Å². The topological polar surface area (TPSA) is 122 Å². The van der Waals surface area contributed by atoms with E-state index in [9.17, 15) is 9.59 Å². The third kappa shape index (κ3) is 3.60. The summed E-state index contributed by atoms with van der Waals surface area (Å²) in [7, 11) is 0. The summed E-state index contributed by atoms with van der Waals surface area (Å²) in [4.78, 5) is 24.0. The van der Waals surface area contributed by atoms with Gasteiger partial charge in [0.2, 0.25) is 0 Å². The minimum atomic E-state index is -0.286. The molecular formula is C14H18N6O3S. The van der Waals surface area contributed by atoms with E-state index in [0.29, 0.717) is 37.5 Å². The minimum Gasteiger partial charge on any atom is -0.370 e. The van der Waals surface area contributed by atoms with E-state index in [1.54, 1.807) is 5.38 Å². The molecule has 2 amide bonds. The lowest BCUT2D eigenvalue weighted by atomic mass is 10.0. The van der Waals surface area contributed by atoms with E-state index in [1.807, 2.05) is 6.92 Å². The highest BCUT2D eigenvalue weighted by atomic mass is 32.1. The second-order valence-corrected chi connectivity index (χ2v) is 6.03. The summed E-state index contributed by atoms with van der Waals surface area (Å²) in [5.74, 6) is -0.473. The van der Waals surface area contributed by atoms with Crippen LogP contribution in [-0.4, -0.2) is 50.8 Å². The zero-order chi connectivity index (χ0) is 16.9. The third-order valence-corrected chi connectivity index (χ3v) is 4.19. The van der Waals surface area contributed by atoms with Gasteiger partial charge in [-0.1, -0.05) is 11.4 Å². The normalized spacial score (nSPS) is 16.5. The molecule has 2 aromatic heterocycles. The maximum absolute atomic E-state index is 12.1. The average Bonchev–Trinajstić information content (AvgIpc) is 3.26. The van der Waals surface area contributed by atoms with Gasteiger partial charge in [-0.25, -0.2) is 0 Å². The maximum atomic E-state index is 12.1. The first-order chi connectivity index (χ1) is 11.7. The van der Waals surface area contributed by atoms with Crippen LogP contribution < -0.4 is 10.6 Å². The van der Waals surface area contributed by atoms with Crippen molar-refractivity contribution in [2.24, 2.45) is 0 Å². The molecule has 128 valence electrons. The van der Waals surface area contributed by atoms with Gasteiger partial charge < -0.3 is 15.4 Å². The van der Waals surface area contributed by atoms with Crippen LogP contribution in [0, 0.1) is 0 Å². The van der Waals surface area contributed by atoms with Crippen molar-refractivity contribution in [2.45, 2.75) is 32.5 Å². The van der Waals surface area contributed by atoms with E-state index in [-0.39, 0.29) is 17.9 Å². The molecule has 1 aliphatic heterocycles. The molecule has 2 aromatic rings. The van der Waals surface area contributed by atoms with Gasteiger partial charge in [-0.3, -0.25) is 14.7 Å². The number of carbonyl (C=O) groups is 2. The zero-order valence-corrected chi connectivity index (χ0v) is 14.0. The Labute approximate surface area is 142 Å². The molecule has 0 bridgehead atoms. The van der Waals surface area contributed by atoms with Crippen LogP contribution in [0.15, 0.2) is 5.38 Å². The number of fused-ring (bicyclic) bond motifs is 1. The lowest BCUT2D eigenvalue weighted by Crippen LogP contribution is -2.37. The molecule has 0 aromatic carbocycles. The van der Waals surface area contributed by atoms with Crippen LogP contribution in [0.4, 0.5) is 0 Å². The van der Waals surface area contributed by atoms with Gasteiger partial charge in [0.05, 0.1) is 18.4 Å². The first kappa shape index (κ1) is 16.5. The van der Waals surface area contributed by atoms with Crippen LogP contribution >= 0.6 is 11.5 Å². The molecule has 3 N–H and O–H groups in total. The molecule has 9 nitrogen and oxygen atoms in total. The fourth-order valence-electron chi connectivity index (χ4n) is 2.43. The van der Waals surface area contributed by atoms with Crippen LogP contribution in [0.25, 0.3) is 0 Å². The standard InChI is InChI=1S/C14H18N6O3S/c1-2-3-15-14(22)12-9-4-8(23-6-10(9)17-19-12)5-16-13(21)11-7-24-20-18-11/h7-8H,2-6H2,1H3,(H,15,22)(H,16,21)(H,17,19). The maximum Gasteiger partial charge on any atom is 0.272 e. The number of hydrogen-bond acceptors (Lipinski definition) is 7. The molecule has 0 fully saturated rings. The first-order valence-electron chi connectivity index (χ1n) is 7.70. The zero-order valence-electron chi connectivity index (χ0n) is 13.2. The van der Waals surface area contributed by atoms with E-state index in [1.165, 1.54) is 0 Å². The lowest BCUT2D eigenvalue weighted by molar-refractivity contribution is 0.0265. The molecule has 1 aliphatic rings. The molecule has 0 spiro atoms. The summed E-state index contributed by atoms with van der Waals surface area (Å²) in [6, 6.07) is 0. The van der Waals surface area contributed by atoms with Crippen molar-refractivity contribution in [3.05, 3.63) is 28.0 Å². The van der Waals surface area contributed by atoms with Crippen molar-refractivity contribution in [2.75, 3.05) is 13.1 Å². The number of H-pyrrole nitrogens is 1. The predicted octanol–water partition coefficient (Wildman–Crippen LogP) is 0.272. The molecule has 1 atom stereocenters. The van der Waals surface area contributed by atoms with Crippen molar-refractivity contribution in [3.63, 3.8) is 0 Å². The van der Waals surface area contributed by atoms with Crippen molar-refractivity contribution in [1.29, 1.82) is 0 Å². The van der Waals surface area contributed by atoms with E-state index in [2.05, 4.69) is 30.4 Å². The summed E-state index contributed by atoms with van der Waals surface area (Å²) in [6.45, 7) is 3.27. The highest BCUT2D eigenvalue weighted by molar-refractivity contribution is 7.03. The van der Waals surface area contributed by atoms with Crippen LogP contribution in [0.5, 0.6) is 0 Å². The van der Waals surface area contributed by atoms with Crippen molar-refractivity contribution < 1.29 is 14.3 Å². The molecule has 0 aliphatic carbocycles. The van der Waals surface area contributed by atoms with E-state index in [4.69, 9.17) is 4.74 Å². The van der Waals surface area contributed by atoms with E-state index < -0.39 is 0 Å². The Morgan fingerprint density at radius 2 is 2.29 bits per heavy atom. The van der Waals surface area contributed by atoms with Gasteiger partial charge in [0.25, 0.3) is 11.8 Å². The molecule has 0 saturated carbocycles. The smallest absolute Gasteiger partial charge is 0.272 e. The van der Waals surface area contributed by atoms with Gasteiger partial charge in [-0.2, -0.15) is 5.10 Å². The highest BCUT2D eigenvalue weighted by Gasteiger charge is 2.27. The molecule has 10 heteroatoms. The number of nitrogens with one attached hydrogen (secondary N) is 3. The fraction of sp³-hybridized carbons (Fsp3) is 0.500. The van der Waals surface area contributed by atoms with Gasteiger partial charge in [0, 0.05) is 30.5 Å². The summed E-state index contributed by atoms with van der Waals surface area (Å²) >= 11 is 1.12. The molecular weight excluding hydrogens is 332 g/mol. The summed E-state index contributed by atoms with van der Waals surface area (Å²) in [6.07, 6.45) is 1.15. The number of nitrogens with zero attached hydrogens (tertiary/aromatic N) is 3. The van der Waals surface area contributed by atoms with Gasteiger partial charge in [-0.15, -0.1) is 5.10 Å². The average molecular weight is 350 g/mol. The number of amides is 2. The summed E-state index contributed by atoms with van der Waals surface area (Å²) in [5, 5.41) is 17.8. The van der Waals surface area contributed by atoms with Crippen molar-refractivity contribution in [1.82, 2.24) is 30.4 Å². The quantitative estimate of drug-likeness (QED) is 0.687. The summed E-state index contributed by atoms with van der Waals surface area (Å²) in [5.41, 5.74) is 2.36. The first-order valence-corrected chi connectivity index (χ1v) is 8.53. The number of carbonyl (C=O) groups excluding carboxylic acids is 2. The Balaban J connectivity index is 1.60. The number of hydrogen-bond donors (Lipinski definition) is 3. The van der Waals surface area contributed by atoms with Gasteiger partial charge in [-0.05, 0) is 18.0 Å². The lowest BCUT2D eigenvalue weighted by Gasteiger charge is -2.23. The Hall–Kier alpha value is -2.33. The number of rotatable bonds is 6. The minimum absolute atomic E-state index is 0.187. The number of aromatic amines is 1. The van der Waals surface area contributed by atoms with E-state index >= 15 is 0 Å². The summed E-state index contributed by atoms with van der Waals surface area (Å²) < 4.78 is 9.35.